The van der Waals surface area contributed by atoms with Gasteiger partial charge in [-0.15, -0.1) is 0 Å². The smallest absolute Gasteiger partial charge is 0.251 e. The Bertz CT molecular complexity index is 793. The molecule has 0 aliphatic heterocycles. The van der Waals surface area contributed by atoms with E-state index >= 15 is 0 Å². The molecule has 2 N–H and O–H groups in total. The van der Waals surface area contributed by atoms with Crippen LogP contribution in [0.4, 0.5) is 0 Å². The van der Waals surface area contributed by atoms with Crippen LogP contribution in [-0.2, 0) is 24.8 Å². The number of nitrogens with one attached hydrogen (secondary N) is 2. The minimum absolute atomic E-state index is 0.0104. The van der Waals surface area contributed by atoms with Crippen LogP contribution in [0.2, 0.25) is 0 Å². The van der Waals surface area contributed by atoms with Gasteiger partial charge in [0.1, 0.15) is 0 Å². The van der Waals surface area contributed by atoms with E-state index in [0.29, 0.717) is 24.9 Å². The maximum atomic E-state index is 12.1. The standard InChI is InChI=1S/C21H30N4O2/c1-6-14(2)23-21(27)18-9-7-17(8-10-18)13-22-20(26)12-11-19-15(3)24-25(5)16(19)4/h7-10,14H,6,11-13H2,1-5H3,(H,22,26)(H,23,27). The van der Waals surface area contributed by atoms with Gasteiger partial charge in [-0.2, -0.15) is 5.10 Å². The molecule has 1 atom stereocenters. The van der Waals surface area contributed by atoms with E-state index in [1.54, 1.807) is 12.1 Å². The normalized spacial score (nSPS) is 11.9. The minimum atomic E-state index is -0.0675. The molecular formula is C21H30N4O2. The van der Waals surface area contributed by atoms with Gasteiger partial charge in [-0.3, -0.25) is 14.3 Å². The SMILES string of the molecule is CCC(C)NC(=O)c1ccc(CNC(=O)CCc2c(C)nn(C)c2C)cc1. The summed E-state index contributed by atoms with van der Waals surface area (Å²) < 4.78 is 1.85. The van der Waals surface area contributed by atoms with Crippen LogP contribution in [0.15, 0.2) is 24.3 Å². The molecule has 0 saturated carbocycles. The number of hydrogen-bond acceptors (Lipinski definition) is 3. The number of nitrogens with zero attached hydrogens (tertiary/aromatic N) is 2. The average Bonchev–Trinajstić information content (AvgIpc) is 2.90. The second-order valence-electron chi connectivity index (χ2n) is 7.03. The first-order valence-corrected chi connectivity index (χ1v) is 9.47. The molecule has 0 spiro atoms. The number of carbonyl (C=O) groups is 2. The van der Waals surface area contributed by atoms with Crippen molar-refractivity contribution >= 4 is 11.8 Å². The van der Waals surface area contributed by atoms with E-state index in [9.17, 15) is 9.59 Å². The monoisotopic (exact) mass is 370 g/mol. The lowest BCUT2D eigenvalue weighted by Crippen LogP contribution is -2.31. The quantitative estimate of drug-likeness (QED) is 0.750. The molecule has 1 aromatic carbocycles. The molecule has 0 aliphatic carbocycles. The van der Waals surface area contributed by atoms with Crippen LogP contribution in [0.3, 0.4) is 0 Å². The third kappa shape index (κ3) is 5.67. The van der Waals surface area contributed by atoms with Crippen molar-refractivity contribution in [3.8, 4) is 0 Å². The predicted molar refractivity (Wildman–Crippen MR) is 107 cm³/mol. The fourth-order valence-corrected chi connectivity index (χ4v) is 2.89. The minimum Gasteiger partial charge on any atom is -0.352 e. The Morgan fingerprint density at radius 1 is 1.19 bits per heavy atom. The van der Waals surface area contributed by atoms with Crippen molar-refractivity contribution in [1.29, 1.82) is 0 Å². The Kier molecular flexibility index (Phi) is 7.16. The van der Waals surface area contributed by atoms with Crippen molar-refractivity contribution in [2.45, 2.75) is 59.5 Å². The van der Waals surface area contributed by atoms with Gasteiger partial charge in [0.25, 0.3) is 5.91 Å². The summed E-state index contributed by atoms with van der Waals surface area (Å²) in [5.74, 6) is -0.0570. The summed E-state index contributed by atoms with van der Waals surface area (Å²) in [6.45, 7) is 8.46. The van der Waals surface area contributed by atoms with E-state index in [4.69, 9.17) is 0 Å². The first kappa shape index (κ1) is 20.7. The van der Waals surface area contributed by atoms with Crippen LogP contribution in [0.25, 0.3) is 0 Å². The molecule has 146 valence electrons. The molecule has 6 nitrogen and oxygen atoms in total. The number of hydrogen-bond donors (Lipinski definition) is 2. The highest BCUT2D eigenvalue weighted by atomic mass is 16.2. The Hall–Kier alpha value is -2.63. The molecule has 2 amide bonds. The molecule has 1 aromatic heterocycles. The highest BCUT2D eigenvalue weighted by Crippen LogP contribution is 2.14. The van der Waals surface area contributed by atoms with E-state index in [2.05, 4.69) is 15.7 Å². The van der Waals surface area contributed by atoms with Gasteiger partial charge in [0.2, 0.25) is 5.91 Å². The second-order valence-corrected chi connectivity index (χ2v) is 7.03. The van der Waals surface area contributed by atoms with Gasteiger partial charge in [-0.1, -0.05) is 19.1 Å². The average molecular weight is 370 g/mol. The summed E-state index contributed by atoms with van der Waals surface area (Å²) >= 11 is 0. The van der Waals surface area contributed by atoms with Crippen molar-refractivity contribution in [1.82, 2.24) is 20.4 Å². The van der Waals surface area contributed by atoms with Crippen LogP contribution in [-0.4, -0.2) is 27.6 Å². The summed E-state index contributed by atoms with van der Waals surface area (Å²) in [6.07, 6.45) is 2.02. The van der Waals surface area contributed by atoms with Crippen molar-refractivity contribution in [3.63, 3.8) is 0 Å². The molecule has 0 radical (unpaired) electrons. The maximum absolute atomic E-state index is 12.1. The molecule has 2 rings (SSSR count). The zero-order valence-electron chi connectivity index (χ0n) is 16.9. The Balaban J connectivity index is 1.82. The lowest BCUT2D eigenvalue weighted by Gasteiger charge is -2.11. The molecule has 1 heterocycles. The van der Waals surface area contributed by atoms with Crippen LogP contribution >= 0.6 is 0 Å². The van der Waals surface area contributed by atoms with Crippen molar-refractivity contribution in [2.24, 2.45) is 7.05 Å². The predicted octanol–water partition coefficient (Wildman–Crippen LogP) is 2.81. The molecule has 1 unspecified atom stereocenters. The van der Waals surface area contributed by atoms with Gasteiger partial charge in [0.15, 0.2) is 0 Å². The molecule has 0 saturated heterocycles. The maximum Gasteiger partial charge on any atom is 0.251 e. The Labute approximate surface area is 161 Å². The van der Waals surface area contributed by atoms with Gasteiger partial charge in [-0.25, -0.2) is 0 Å². The van der Waals surface area contributed by atoms with Gasteiger partial charge in [0, 0.05) is 37.3 Å². The number of benzene rings is 1. The molecular weight excluding hydrogens is 340 g/mol. The second kappa shape index (κ2) is 9.35. The molecule has 0 bridgehead atoms. The van der Waals surface area contributed by atoms with Crippen LogP contribution in [0.1, 0.15) is 59.6 Å². The van der Waals surface area contributed by atoms with Crippen molar-refractivity contribution < 1.29 is 9.59 Å². The highest BCUT2D eigenvalue weighted by Gasteiger charge is 2.12. The lowest BCUT2D eigenvalue weighted by molar-refractivity contribution is -0.121. The zero-order valence-corrected chi connectivity index (χ0v) is 16.9. The summed E-state index contributed by atoms with van der Waals surface area (Å²) in [6, 6.07) is 7.49. The van der Waals surface area contributed by atoms with Crippen LogP contribution in [0.5, 0.6) is 0 Å². The fourth-order valence-electron chi connectivity index (χ4n) is 2.89. The first-order chi connectivity index (χ1) is 12.8. The first-order valence-electron chi connectivity index (χ1n) is 9.47. The molecule has 0 fully saturated rings. The van der Waals surface area contributed by atoms with Crippen molar-refractivity contribution in [2.75, 3.05) is 0 Å². The van der Waals surface area contributed by atoms with Crippen LogP contribution in [0, 0.1) is 13.8 Å². The van der Waals surface area contributed by atoms with Gasteiger partial charge in [0.05, 0.1) is 5.69 Å². The van der Waals surface area contributed by atoms with Crippen molar-refractivity contribution in [3.05, 3.63) is 52.3 Å². The van der Waals surface area contributed by atoms with E-state index in [1.807, 2.05) is 51.6 Å². The highest BCUT2D eigenvalue weighted by molar-refractivity contribution is 5.94. The summed E-state index contributed by atoms with van der Waals surface area (Å²) in [7, 11) is 1.92. The Morgan fingerprint density at radius 2 is 1.85 bits per heavy atom. The number of carbonyl (C=O) groups excluding carboxylic acids is 2. The van der Waals surface area contributed by atoms with E-state index in [0.717, 1.165) is 28.9 Å². The molecule has 6 heteroatoms. The number of amides is 2. The van der Waals surface area contributed by atoms with Gasteiger partial charge < -0.3 is 10.6 Å². The fraction of sp³-hybridized carbons (Fsp3) is 0.476. The number of rotatable bonds is 8. The third-order valence-corrected chi connectivity index (χ3v) is 4.96. The van der Waals surface area contributed by atoms with E-state index in [-0.39, 0.29) is 17.9 Å². The van der Waals surface area contributed by atoms with Gasteiger partial charge >= 0.3 is 0 Å². The van der Waals surface area contributed by atoms with Crippen LogP contribution < -0.4 is 10.6 Å². The lowest BCUT2D eigenvalue weighted by atomic mass is 10.1. The molecule has 27 heavy (non-hydrogen) atoms. The molecule has 0 aliphatic rings. The third-order valence-electron chi connectivity index (χ3n) is 4.96. The van der Waals surface area contributed by atoms with E-state index in [1.165, 1.54) is 0 Å². The Morgan fingerprint density at radius 3 is 2.41 bits per heavy atom. The summed E-state index contributed by atoms with van der Waals surface area (Å²) in [5.41, 5.74) is 4.83. The summed E-state index contributed by atoms with van der Waals surface area (Å²) in [4.78, 5) is 24.2. The van der Waals surface area contributed by atoms with Gasteiger partial charge in [-0.05, 0) is 56.9 Å². The zero-order chi connectivity index (χ0) is 20.0. The number of aromatic nitrogens is 2. The molecule has 2 aromatic rings. The van der Waals surface area contributed by atoms with E-state index < -0.39 is 0 Å². The number of aryl methyl sites for hydroxylation is 2. The topological polar surface area (TPSA) is 76.0 Å². The largest absolute Gasteiger partial charge is 0.352 e. The summed E-state index contributed by atoms with van der Waals surface area (Å²) in [5, 5.41) is 10.3.